The first-order valence-electron chi connectivity index (χ1n) is 12.0. The van der Waals surface area contributed by atoms with Gasteiger partial charge in [0.05, 0.1) is 24.8 Å². The Balaban J connectivity index is 1.60. The molecular formula is C27H32F3N3O3. The second-order valence-electron chi connectivity index (χ2n) is 10.4. The summed E-state index contributed by atoms with van der Waals surface area (Å²) in [5.41, 5.74) is 1.92. The molecule has 2 aliphatic rings. The van der Waals surface area contributed by atoms with Crippen LogP contribution in [0.25, 0.3) is 0 Å². The van der Waals surface area contributed by atoms with Gasteiger partial charge in [0.1, 0.15) is 6.26 Å². The third-order valence-electron chi connectivity index (χ3n) is 6.14. The fourth-order valence-electron chi connectivity index (χ4n) is 4.36. The van der Waals surface area contributed by atoms with Gasteiger partial charge in [-0.05, 0) is 59.9 Å². The second-order valence-corrected chi connectivity index (χ2v) is 10.4. The van der Waals surface area contributed by atoms with Crippen molar-refractivity contribution in [3.63, 3.8) is 0 Å². The van der Waals surface area contributed by atoms with Crippen molar-refractivity contribution in [1.82, 2.24) is 5.06 Å². The smallest absolute Gasteiger partial charge is 0.413 e. The van der Waals surface area contributed by atoms with Crippen LogP contribution in [-0.4, -0.2) is 43.8 Å². The van der Waals surface area contributed by atoms with E-state index in [4.69, 9.17) is 9.57 Å². The van der Waals surface area contributed by atoms with E-state index in [1.165, 1.54) is 6.07 Å². The lowest BCUT2D eigenvalue weighted by Crippen LogP contribution is -2.36. The second kappa shape index (κ2) is 10.1. The van der Waals surface area contributed by atoms with Gasteiger partial charge in [-0.3, -0.25) is 4.79 Å². The number of alkyl halides is 3. The van der Waals surface area contributed by atoms with E-state index >= 15 is 0 Å². The number of rotatable bonds is 5. The molecule has 0 saturated carbocycles. The Morgan fingerprint density at radius 1 is 1.08 bits per heavy atom. The van der Waals surface area contributed by atoms with E-state index in [0.29, 0.717) is 44.2 Å². The monoisotopic (exact) mass is 503 g/mol. The van der Waals surface area contributed by atoms with Crippen LogP contribution in [0, 0.1) is 12.3 Å². The zero-order valence-electron chi connectivity index (χ0n) is 21.0. The number of benzene rings is 2. The molecule has 1 N–H and O–H groups in total. The fraction of sp³-hybridized carbons (Fsp3) is 0.444. The number of carbonyl (C=O) groups is 1. The molecule has 0 aromatic heterocycles. The molecule has 2 aliphatic heterocycles. The minimum absolute atomic E-state index is 0.00564. The maximum absolute atomic E-state index is 13.6. The summed E-state index contributed by atoms with van der Waals surface area (Å²) in [7, 11) is 0. The zero-order chi connectivity index (χ0) is 26.1. The average Bonchev–Trinajstić information content (AvgIpc) is 3.26. The third kappa shape index (κ3) is 6.20. The van der Waals surface area contributed by atoms with Crippen LogP contribution >= 0.6 is 0 Å². The van der Waals surface area contributed by atoms with E-state index in [9.17, 15) is 18.0 Å². The summed E-state index contributed by atoms with van der Waals surface area (Å²) in [4.78, 5) is 20.6. The van der Waals surface area contributed by atoms with Crippen molar-refractivity contribution in [2.45, 2.75) is 39.9 Å². The number of aryl methyl sites for hydroxylation is 1. The predicted molar refractivity (Wildman–Crippen MR) is 133 cm³/mol. The molecule has 1 saturated heterocycles. The molecule has 2 aromatic rings. The third-order valence-corrected chi connectivity index (χ3v) is 6.14. The van der Waals surface area contributed by atoms with E-state index in [2.05, 4.69) is 26.1 Å². The van der Waals surface area contributed by atoms with Crippen LogP contribution in [0.3, 0.4) is 0 Å². The number of hydroxylamine groups is 2. The topological polar surface area (TPSA) is 54.0 Å². The number of amides is 1. The Labute approximate surface area is 209 Å². The number of anilines is 2. The summed E-state index contributed by atoms with van der Waals surface area (Å²) in [5, 5.41) is 4.67. The van der Waals surface area contributed by atoms with Gasteiger partial charge in [0.25, 0.3) is 5.91 Å². The Bertz CT molecular complexity index is 1140. The largest absolute Gasteiger partial charge is 0.416 e. The van der Waals surface area contributed by atoms with Gasteiger partial charge in [0.15, 0.2) is 0 Å². The van der Waals surface area contributed by atoms with Crippen molar-refractivity contribution >= 4 is 17.3 Å². The molecule has 0 spiro atoms. The Hall–Kier alpha value is -3.04. The number of nitrogens with one attached hydrogen (secondary N) is 1. The first-order valence-corrected chi connectivity index (χ1v) is 12.0. The van der Waals surface area contributed by atoms with Gasteiger partial charge in [0.2, 0.25) is 0 Å². The highest BCUT2D eigenvalue weighted by molar-refractivity contribution is 6.05. The van der Waals surface area contributed by atoms with Crippen LogP contribution in [0.5, 0.6) is 0 Å². The van der Waals surface area contributed by atoms with Gasteiger partial charge in [-0.25, -0.2) is 0 Å². The lowest BCUT2D eigenvalue weighted by atomic mass is 9.94. The summed E-state index contributed by atoms with van der Waals surface area (Å²) < 4.78 is 46.2. The van der Waals surface area contributed by atoms with E-state index < -0.39 is 17.6 Å². The maximum Gasteiger partial charge on any atom is 0.416 e. The van der Waals surface area contributed by atoms with Crippen molar-refractivity contribution in [2.75, 3.05) is 43.1 Å². The summed E-state index contributed by atoms with van der Waals surface area (Å²) in [6, 6.07) is 8.84. The molecule has 1 amide bonds. The van der Waals surface area contributed by atoms with Gasteiger partial charge in [-0.2, -0.15) is 13.2 Å². The summed E-state index contributed by atoms with van der Waals surface area (Å²) >= 11 is 0. The zero-order valence-corrected chi connectivity index (χ0v) is 21.0. The van der Waals surface area contributed by atoms with E-state index in [-0.39, 0.29) is 17.0 Å². The molecule has 6 nitrogen and oxygen atoms in total. The van der Waals surface area contributed by atoms with E-state index in [1.807, 2.05) is 30.2 Å². The Morgan fingerprint density at radius 3 is 2.47 bits per heavy atom. The molecule has 36 heavy (non-hydrogen) atoms. The Morgan fingerprint density at radius 2 is 1.81 bits per heavy atom. The van der Waals surface area contributed by atoms with Crippen molar-refractivity contribution in [3.05, 3.63) is 71.0 Å². The lowest BCUT2D eigenvalue weighted by molar-refractivity contribution is -0.137. The lowest BCUT2D eigenvalue weighted by Gasteiger charge is -2.30. The van der Waals surface area contributed by atoms with Crippen molar-refractivity contribution < 1.29 is 27.5 Å². The van der Waals surface area contributed by atoms with Gasteiger partial charge in [0, 0.05) is 36.6 Å². The van der Waals surface area contributed by atoms with Crippen LogP contribution in [-0.2, 0) is 15.8 Å². The van der Waals surface area contributed by atoms with Crippen molar-refractivity contribution in [2.24, 2.45) is 5.41 Å². The molecule has 0 radical (unpaired) electrons. The number of halogens is 3. The molecule has 4 rings (SSSR count). The minimum Gasteiger partial charge on any atom is -0.413 e. The molecule has 9 heteroatoms. The molecular weight excluding hydrogens is 471 g/mol. The van der Waals surface area contributed by atoms with E-state index in [1.54, 1.807) is 17.2 Å². The van der Waals surface area contributed by atoms with Gasteiger partial charge < -0.3 is 19.8 Å². The molecule has 0 bridgehead atoms. The van der Waals surface area contributed by atoms with E-state index in [0.717, 1.165) is 23.3 Å². The predicted octanol–water partition coefficient (Wildman–Crippen LogP) is 5.95. The summed E-state index contributed by atoms with van der Waals surface area (Å²) in [6.07, 6.45) is -0.975. The molecule has 2 aromatic carbocycles. The molecule has 0 aliphatic carbocycles. The molecule has 1 atom stereocenters. The average molecular weight is 504 g/mol. The summed E-state index contributed by atoms with van der Waals surface area (Å²) in [5.74, 6) is -0.602. The van der Waals surface area contributed by atoms with Crippen LogP contribution in [0.1, 0.15) is 53.9 Å². The fourth-order valence-corrected chi connectivity index (χ4v) is 4.36. The number of carbonyl (C=O) groups excluding carboxylic acids is 1. The van der Waals surface area contributed by atoms with Gasteiger partial charge in [-0.1, -0.05) is 26.8 Å². The van der Waals surface area contributed by atoms with Gasteiger partial charge in [-0.15, -0.1) is 5.06 Å². The quantitative estimate of drug-likeness (QED) is 0.547. The molecule has 2 heterocycles. The van der Waals surface area contributed by atoms with Crippen LogP contribution in [0.15, 0.2) is 48.7 Å². The number of nitrogens with zero attached hydrogens (tertiary/aromatic N) is 2. The Kier molecular flexibility index (Phi) is 7.33. The molecule has 194 valence electrons. The van der Waals surface area contributed by atoms with Crippen LogP contribution in [0.4, 0.5) is 24.5 Å². The first kappa shape index (κ1) is 26.0. The van der Waals surface area contributed by atoms with Crippen LogP contribution in [0.2, 0.25) is 0 Å². The highest BCUT2D eigenvalue weighted by Gasteiger charge is 2.33. The minimum atomic E-state index is -4.57. The number of hydrogen-bond acceptors (Lipinski definition) is 5. The molecule has 1 fully saturated rings. The standard InChI is InChI=1S/C27H32F3N3O3/c1-18-5-6-21(16-23(18)24-7-10-36-33(24)17-26(2,3)4)31-25(34)19-13-20(27(28,29)30)15-22(14-19)32-8-11-35-12-9-32/h5-7,10,13-16,24H,8-9,11-12,17H2,1-4H3,(H,31,34). The molecule has 1 unspecified atom stereocenters. The first-order chi connectivity index (χ1) is 16.9. The van der Waals surface area contributed by atoms with Crippen LogP contribution < -0.4 is 10.2 Å². The number of hydrogen-bond donors (Lipinski definition) is 1. The number of morpholine rings is 1. The highest BCUT2D eigenvalue weighted by Crippen LogP contribution is 2.35. The van der Waals surface area contributed by atoms with Crippen molar-refractivity contribution in [1.29, 1.82) is 0 Å². The SMILES string of the molecule is Cc1ccc(NC(=O)c2cc(N3CCOCC3)cc(C(F)(F)F)c2)cc1C1C=CON1CC(C)(C)C. The maximum atomic E-state index is 13.6. The normalized spacial score (nSPS) is 18.9. The number of ether oxygens (including phenoxy) is 1. The van der Waals surface area contributed by atoms with Gasteiger partial charge >= 0.3 is 6.18 Å². The highest BCUT2D eigenvalue weighted by atomic mass is 19.4. The van der Waals surface area contributed by atoms with Crippen molar-refractivity contribution in [3.8, 4) is 0 Å². The summed E-state index contributed by atoms with van der Waals surface area (Å²) in [6.45, 7) is 10.8.